The van der Waals surface area contributed by atoms with Gasteiger partial charge in [-0.25, -0.2) is 28.7 Å². The van der Waals surface area contributed by atoms with Gasteiger partial charge in [0.1, 0.15) is 19.3 Å². The van der Waals surface area contributed by atoms with Crippen molar-refractivity contribution in [1.82, 2.24) is 24.8 Å². The molecule has 2 rings (SSSR count). The van der Waals surface area contributed by atoms with Crippen molar-refractivity contribution in [3.63, 3.8) is 0 Å². The molecule has 0 bridgehead atoms. The zero-order valence-electron chi connectivity index (χ0n) is 13.8. The van der Waals surface area contributed by atoms with Gasteiger partial charge in [-0.15, -0.1) is 0 Å². The smallest absolute Gasteiger partial charge is 0.409 e. The fraction of sp³-hybridized carbons (Fsp3) is 0.385. The number of halogens is 3. The molecule has 1 unspecified atom stereocenters. The largest absolute Gasteiger partial charge is 0.445 e. The molecule has 0 saturated heterocycles. The Kier molecular flexibility index (Phi) is 6.69. The van der Waals surface area contributed by atoms with Crippen LogP contribution in [0.3, 0.4) is 0 Å². The van der Waals surface area contributed by atoms with Gasteiger partial charge in [0.2, 0.25) is 5.95 Å². The molecular formula is C13H14Cl2FN7O4. The molecule has 0 spiro atoms. The Morgan fingerprint density at radius 2 is 2.11 bits per heavy atom. The van der Waals surface area contributed by atoms with Crippen LogP contribution in [0.4, 0.5) is 21.0 Å². The third kappa shape index (κ3) is 5.89. The zero-order valence-corrected chi connectivity index (χ0v) is 15.3. The number of imidazole rings is 1. The van der Waals surface area contributed by atoms with E-state index in [9.17, 15) is 19.3 Å². The maximum Gasteiger partial charge on any atom is 0.409 e. The highest BCUT2D eigenvalue weighted by molar-refractivity contribution is 6.47. The molecule has 2 aromatic rings. The highest BCUT2D eigenvalue weighted by atomic mass is 35.5. The average Bonchev–Trinajstić information content (AvgIpc) is 2.95. The molecule has 0 fully saturated rings. The van der Waals surface area contributed by atoms with E-state index in [0.29, 0.717) is 5.82 Å². The Hall–Kier alpha value is -2.73. The lowest BCUT2D eigenvalue weighted by molar-refractivity contribution is -0.392. The van der Waals surface area contributed by atoms with Crippen molar-refractivity contribution >= 4 is 41.1 Å². The maximum absolute atomic E-state index is 13.9. The molecule has 2 N–H and O–H groups in total. The molecule has 0 saturated carbocycles. The van der Waals surface area contributed by atoms with Crippen LogP contribution in [0.1, 0.15) is 5.82 Å². The first-order valence-electron chi connectivity index (χ1n) is 7.38. The topological polar surface area (TPSA) is 137 Å². The van der Waals surface area contributed by atoms with Crippen LogP contribution in [-0.2, 0) is 11.3 Å². The van der Waals surface area contributed by atoms with E-state index in [2.05, 4.69) is 25.6 Å². The van der Waals surface area contributed by atoms with E-state index in [1.807, 2.05) is 0 Å². The first-order valence-corrected chi connectivity index (χ1v) is 8.14. The van der Waals surface area contributed by atoms with Gasteiger partial charge < -0.3 is 20.2 Å². The minimum atomic E-state index is -2.90. The van der Waals surface area contributed by atoms with Crippen LogP contribution in [0.25, 0.3) is 0 Å². The third-order valence-corrected chi connectivity index (χ3v) is 3.63. The predicted octanol–water partition coefficient (Wildman–Crippen LogP) is 2.16. The molecule has 0 radical (unpaired) electrons. The second kappa shape index (κ2) is 8.77. The second-order valence-corrected chi connectivity index (χ2v) is 6.34. The molecule has 14 heteroatoms. The monoisotopic (exact) mass is 421 g/mol. The van der Waals surface area contributed by atoms with E-state index in [0.717, 1.165) is 6.20 Å². The van der Waals surface area contributed by atoms with Crippen molar-refractivity contribution < 1.29 is 18.8 Å². The first-order chi connectivity index (χ1) is 12.7. The SMILES string of the molecule is Cc1ncc([N+](=O)[O-])n1CCOC(=O)NC(Nc1ncccn1)C(F)(Cl)Cl. The number of carbonyl (C=O) groups excluding carboxylic acids is 1. The van der Waals surface area contributed by atoms with E-state index < -0.39 is 21.8 Å². The number of amides is 1. The average molecular weight is 422 g/mol. The normalized spacial score (nSPS) is 12.3. The zero-order chi connectivity index (χ0) is 20.0. The lowest BCUT2D eigenvalue weighted by atomic mass is 10.5. The molecule has 1 amide bonds. The molecular weight excluding hydrogens is 408 g/mol. The number of nitro groups is 1. The molecule has 11 nitrogen and oxygen atoms in total. The number of alkyl carbamates (subject to hydrolysis) is 1. The molecule has 2 heterocycles. The van der Waals surface area contributed by atoms with Crippen LogP contribution in [0.15, 0.2) is 24.7 Å². The molecule has 2 aromatic heterocycles. The van der Waals surface area contributed by atoms with Crippen LogP contribution in [0, 0.1) is 17.0 Å². The number of hydrogen-bond acceptors (Lipinski definition) is 8. The van der Waals surface area contributed by atoms with E-state index in [1.54, 1.807) is 6.92 Å². The van der Waals surface area contributed by atoms with Gasteiger partial charge in [-0.3, -0.25) is 5.32 Å². The summed E-state index contributed by atoms with van der Waals surface area (Å²) in [7, 11) is 0. The highest BCUT2D eigenvalue weighted by Crippen LogP contribution is 2.27. The van der Waals surface area contributed by atoms with Gasteiger partial charge >= 0.3 is 11.9 Å². The summed E-state index contributed by atoms with van der Waals surface area (Å²) in [5.74, 6) is 0.0909. The summed E-state index contributed by atoms with van der Waals surface area (Å²) < 4.78 is 17.1. The van der Waals surface area contributed by atoms with Gasteiger partial charge in [0.05, 0.1) is 0 Å². The fourth-order valence-corrected chi connectivity index (χ4v) is 2.19. The van der Waals surface area contributed by atoms with Crippen molar-refractivity contribution in [2.24, 2.45) is 0 Å². The quantitative estimate of drug-likeness (QED) is 0.286. The Bertz CT molecular complexity index is 800. The minimum Gasteiger partial charge on any atom is -0.445 e. The summed E-state index contributed by atoms with van der Waals surface area (Å²) in [6, 6.07) is 1.53. The number of aryl methyl sites for hydroxylation is 1. The van der Waals surface area contributed by atoms with Crippen molar-refractivity contribution in [3.05, 3.63) is 40.6 Å². The van der Waals surface area contributed by atoms with E-state index >= 15 is 0 Å². The highest BCUT2D eigenvalue weighted by Gasteiger charge is 2.37. The van der Waals surface area contributed by atoms with Gasteiger partial charge in [-0.05, 0) is 11.0 Å². The Morgan fingerprint density at radius 1 is 1.44 bits per heavy atom. The standard InChI is InChI=1S/C13H14Cl2FN7O4/c1-8-19-7-9(23(25)26)22(8)5-6-27-12(24)21-10(13(14,15)16)20-11-17-3-2-4-18-11/h2-4,7,10H,5-6H2,1H3,(H,21,24)(H,17,18,20). The van der Waals surface area contributed by atoms with Gasteiger partial charge in [0.15, 0.2) is 12.0 Å². The van der Waals surface area contributed by atoms with Gasteiger partial charge in [-0.2, -0.15) is 0 Å². The van der Waals surface area contributed by atoms with Gasteiger partial charge in [0.25, 0.3) is 4.59 Å². The first kappa shape index (κ1) is 20.6. The van der Waals surface area contributed by atoms with Crippen molar-refractivity contribution in [2.75, 3.05) is 11.9 Å². The van der Waals surface area contributed by atoms with Crippen LogP contribution in [-0.4, -0.2) is 47.9 Å². The van der Waals surface area contributed by atoms with Crippen LogP contribution < -0.4 is 10.6 Å². The maximum atomic E-state index is 13.9. The third-order valence-electron chi connectivity index (χ3n) is 3.20. The van der Waals surface area contributed by atoms with Crippen LogP contribution in [0.5, 0.6) is 0 Å². The molecule has 27 heavy (non-hydrogen) atoms. The Morgan fingerprint density at radius 3 is 2.70 bits per heavy atom. The number of nitrogens with zero attached hydrogens (tertiary/aromatic N) is 5. The molecule has 1 atom stereocenters. The predicted molar refractivity (Wildman–Crippen MR) is 93.1 cm³/mol. The number of rotatable bonds is 8. The number of nitrogens with one attached hydrogen (secondary N) is 2. The summed E-state index contributed by atoms with van der Waals surface area (Å²) in [6.45, 7) is 1.28. The molecule has 0 aliphatic carbocycles. The summed E-state index contributed by atoms with van der Waals surface area (Å²) in [5.41, 5.74) is 0. The summed E-state index contributed by atoms with van der Waals surface area (Å²) in [5, 5.41) is 15.4. The summed E-state index contributed by atoms with van der Waals surface area (Å²) in [6.07, 6.45) is 1.17. The fourth-order valence-electron chi connectivity index (χ4n) is 1.97. The summed E-state index contributed by atoms with van der Waals surface area (Å²) >= 11 is 10.8. The Balaban J connectivity index is 1.92. The Labute approximate surface area is 162 Å². The number of aromatic nitrogens is 4. The summed E-state index contributed by atoms with van der Waals surface area (Å²) in [4.78, 5) is 33.6. The number of ether oxygens (including phenoxy) is 1. The van der Waals surface area contributed by atoms with Crippen LogP contribution >= 0.6 is 23.2 Å². The van der Waals surface area contributed by atoms with Crippen LogP contribution in [0.2, 0.25) is 0 Å². The van der Waals surface area contributed by atoms with Gasteiger partial charge in [-0.1, -0.05) is 23.2 Å². The van der Waals surface area contributed by atoms with E-state index in [4.69, 9.17) is 27.9 Å². The number of carbonyl (C=O) groups is 1. The minimum absolute atomic E-state index is 0.0298. The molecule has 0 aliphatic heterocycles. The lowest BCUT2D eigenvalue weighted by Gasteiger charge is -2.24. The number of hydrogen-bond donors (Lipinski definition) is 2. The van der Waals surface area contributed by atoms with Gasteiger partial charge in [0, 0.05) is 19.3 Å². The van der Waals surface area contributed by atoms with Crippen molar-refractivity contribution in [2.45, 2.75) is 24.2 Å². The number of anilines is 1. The van der Waals surface area contributed by atoms with Crippen molar-refractivity contribution in [1.29, 1.82) is 0 Å². The lowest BCUT2D eigenvalue weighted by Crippen LogP contribution is -2.50. The van der Waals surface area contributed by atoms with E-state index in [1.165, 1.54) is 23.0 Å². The second-order valence-electron chi connectivity index (χ2n) is 5.04. The molecule has 0 aromatic carbocycles. The number of alkyl halides is 3. The van der Waals surface area contributed by atoms with E-state index in [-0.39, 0.29) is 24.9 Å². The van der Waals surface area contributed by atoms with Crippen molar-refractivity contribution in [3.8, 4) is 0 Å². The molecule has 146 valence electrons. The molecule has 0 aliphatic rings.